The number of carbonyl (C=O) groups excluding carboxylic acids is 2. The van der Waals surface area contributed by atoms with Crippen molar-refractivity contribution in [3.63, 3.8) is 0 Å². The Bertz CT molecular complexity index is 584. The second kappa shape index (κ2) is 9.04. The standard InChI is InChI=1S/C18H27N3O2.ClH/c1-13-6-7-15(10-16(13)20-14(2)22)21-17(23)11-18(12-19)8-4-3-5-9-18;/h6-7,10H,3-5,8-9,11-12,19H2,1-2H3,(H,20,22)(H,21,23);1H. The van der Waals surface area contributed by atoms with Gasteiger partial charge in [0.25, 0.3) is 0 Å². The molecule has 0 spiro atoms. The molecule has 134 valence electrons. The summed E-state index contributed by atoms with van der Waals surface area (Å²) >= 11 is 0. The summed E-state index contributed by atoms with van der Waals surface area (Å²) in [6, 6.07) is 5.54. The minimum Gasteiger partial charge on any atom is -0.330 e. The Labute approximate surface area is 150 Å². The first kappa shape index (κ1) is 20.5. The SMILES string of the molecule is CC(=O)Nc1cc(NC(=O)CC2(CN)CCCCC2)ccc1C.Cl. The number of rotatable bonds is 5. The minimum absolute atomic E-state index is 0. The summed E-state index contributed by atoms with van der Waals surface area (Å²) in [5.41, 5.74) is 8.29. The number of carbonyl (C=O) groups is 2. The Morgan fingerprint density at radius 3 is 2.42 bits per heavy atom. The van der Waals surface area contributed by atoms with Crippen LogP contribution in [-0.4, -0.2) is 18.4 Å². The lowest BCUT2D eigenvalue weighted by molar-refractivity contribution is -0.119. The van der Waals surface area contributed by atoms with Gasteiger partial charge in [-0.05, 0) is 49.4 Å². The van der Waals surface area contributed by atoms with Crippen LogP contribution in [0, 0.1) is 12.3 Å². The van der Waals surface area contributed by atoms with Crippen LogP contribution in [0.4, 0.5) is 11.4 Å². The van der Waals surface area contributed by atoms with E-state index in [1.54, 1.807) is 6.07 Å². The van der Waals surface area contributed by atoms with Crippen LogP contribution in [0.1, 0.15) is 51.0 Å². The maximum atomic E-state index is 12.4. The summed E-state index contributed by atoms with van der Waals surface area (Å²) in [6.45, 7) is 3.95. The van der Waals surface area contributed by atoms with Gasteiger partial charge in [0.2, 0.25) is 11.8 Å². The molecule has 1 aliphatic carbocycles. The Morgan fingerprint density at radius 2 is 1.83 bits per heavy atom. The number of aryl methyl sites for hydroxylation is 1. The zero-order chi connectivity index (χ0) is 16.9. The molecule has 24 heavy (non-hydrogen) atoms. The van der Waals surface area contributed by atoms with Crippen LogP contribution in [0.2, 0.25) is 0 Å². The zero-order valence-electron chi connectivity index (χ0n) is 14.5. The summed E-state index contributed by atoms with van der Waals surface area (Å²) in [5.74, 6) is -0.129. The average Bonchev–Trinajstić information content (AvgIpc) is 2.51. The Morgan fingerprint density at radius 1 is 1.17 bits per heavy atom. The largest absolute Gasteiger partial charge is 0.330 e. The molecule has 1 aromatic rings. The lowest BCUT2D eigenvalue weighted by Crippen LogP contribution is -2.36. The second-order valence-electron chi connectivity index (χ2n) is 6.70. The normalized spacial score (nSPS) is 16.0. The van der Waals surface area contributed by atoms with Gasteiger partial charge in [0.1, 0.15) is 0 Å². The number of benzene rings is 1. The average molecular weight is 354 g/mol. The van der Waals surface area contributed by atoms with E-state index in [9.17, 15) is 9.59 Å². The third kappa shape index (κ3) is 5.49. The van der Waals surface area contributed by atoms with Gasteiger partial charge in [-0.3, -0.25) is 9.59 Å². The van der Waals surface area contributed by atoms with E-state index in [4.69, 9.17) is 5.73 Å². The van der Waals surface area contributed by atoms with E-state index in [2.05, 4.69) is 10.6 Å². The molecule has 1 aromatic carbocycles. The quantitative estimate of drug-likeness (QED) is 0.755. The lowest BCUT2D eigenvalue weighted by atomic mass is 9.71. The summed E-state index contributed by atoms with van der Waals surface area (Å²) < 4.78 is 0. The molecule has 1 aliphatic rings. The van der Waals surface area contributed by atoms with Crippen LogP contribution in [0.15, 0.2) is 18.2 Å². The molecule has 0 heterocycles. The highest BCUT2D eigenvalue weighted by Crippen LogP contribution is 2.38. The van der Waals surface area contributed by atoms with Gasteiger partial charge in [-0.2, -0.15) is 0 Å². The van der Waals surface area contributed by atoms with Gasteiger partial charge in [-0.1, -0.05) is 25.3 Å². The molecule has 0 atom stereocenters. The van der Waals surface area contributed by atoms with Gasteiger partial charge < -0.3 is 16.4 Å². The summed E-state index contributed by atoms with van der Waals surface area (Å²) in [7, 11) is 0. The highest BCUT2D eigenvalue weighted by Gasteiger charge is 2.32. The van der Waals surface area contributed by atoms with Crippen molar-refractivity contribution >= 4 is 35.6 Å². The number of amides is 2. The topological polar surface area (TPSA) is 84.2 Å². The van der Waals surface area contributed by atoms with E-state index in [0.29, 0.717) is 18.7 Å². The number of anilines is 2. The van der Waals surface area contributed by atoms with Crippen LogP contribution in [0.5, 0.6) is 0 Å². The molecule has 4 N–H and O–H groups in total. The fraction of sp³-hybridized carbons (Fsp3) is 0.556. The van der Waals surface area contributed by atoms with E-state index < -0.39 is 0 Å². The highest BCUT2D eigenvalue weighted by atomic mass is 35.5. The van der Waals surface area contributed by atoms with Gasteiger partial charge in [0.15, 0.2) is 0 Å². The minimum atomic E-state index is -0.124. The van der Waals surface area contributed by atoms with E-state index in [0.717, 1.165) is 36.9 Å². The molecule has 0 bridgehead atoms. The summed E-state index contributed by atoms with van der Waals surface area (Å²) in [6.07, 6.45) is 6.07. The molecule has 2 amide bonds. The van der Waals surface area contributed by atoms with Crippen LogP contribution in [-0.2, 0) is 9.59 Å². The summed E-state index contributed by atoms with van der Waals surface area (Å²) in [4.78, 5) is 23.6. The van der Waals surface area contributed by atoms with Crippen molar-refractivity contribution in [3.05, 3.63) is 23.8 Å². The number of halogens is 1. The predicted molar refractivity (Wildman–Crippen MR) is 101 cm³/mol. The molecule has 0 radical (unpaired) electrons. The molecular weight excluding hydrogens is 326 g/mol. The van der Waals surface area contributed by atoms with Gasteiger partial charge in [0, 0.05) is 24.7 Å². The van der Waals surface area contributed by atoms with Crippen molar-refractivity contribution in [2.45, 2.75) is 52.4 Å². The van der Waals surface area contributed by atoms with Crippen LogP contribution in [0.25, 0.3) is 0 Å². The maximum absolute atomic E-state index is 12.4. The smallest absolute Gasteiger partial charge is 0.224 e. The zero-order valence-corrected chi connectivity index (χ0v) is 15.3. The van der Waals surface area contributed by atoms with Gasteiger partial charge in [0.05, 0.1) is 0 Å². The van der Waals surface area contributed by atoms with E-state index in [1.165, 1.54) is 13.3 Å². The number of nitrogens with one attached hydrogen (secondary N) is 2. The Kier molecular flexibility index (Phi) is 7.70. The molecule has 0 aromatic heterocycles. The third-order valence-electron chi connectivity index (χ3n) is 4.71. The van der Waals surface area contributed by atoms with E-state index in [-0.39, 0.29) is 29.6 Å². The number of nitrogens with two attached hydrogens (primary N) is 1. The van der Waals surface area contributed by atoms with Crippen molar-refractivity contribution in [2.75, 3.05) is 17.2 Å². The van der Waals surface area contributed by atoms with Crippen molar-refractivity contribution in [2.24, 2.45) is 11.1 Å². The maximum Gasteiger partial charge on any atom is 0.224 e. The molecule has 6 heteroatoms. The highest BCUT2D eigenvalue weighted by molar-refractivity contribution is 5.94. The van der Waals surface area contributed by atoms with Crippen molar-refractivity contribution in [3.8, 4) is 0 Å². The number of hydrogen-bond acceptors (Lipinski definition) is 3. The molecule has 0 aliphatic heterocycles. The van der Waals surface area contributed by atoms with Crippen LogP contribution in [0.3, 0.4) is 0 Å². The van der Waals surface area contributed by atoms with Gasteiger partial charge >= 0.3 is 0 Å². The second-order valence-corrected chi connectivity index (χ2v) is 6.70. The Balaban J connectivity index is 0.00000288. The van der Waals surface area contributed by atoms with E-state index >= 15 is 0 Å². The van der Waals surface area contributed by atoms with Gasteiger partial charge in [-0.15, -0.1) is 12.4 Å². The molecule has 5 nitrogen and oxygen atoms in total. The molecular formula is C18H28ClN3O2. The molecule has 2 rings (SSSR count). The predicted octanol–water partition coefficient (Wildman–Crippen LogP) is 3.61. The first-order chi connectivity index (χ1) is 10.9. The first-order valence-corrected chi connectivity index (χ1v) is 8.32. The number of hydrogen-bond donors (Lipinski definition) is 3. The third-order valence-corrected chi connectivity index (χ3v) is 4.71. The monoisotopic (exact) mass is 353 g/mol. The summed E-state index contributed by atoms with van der Waals surface area (Å²) in [5, 5.41) is 5.72. The molecule has 1 fully saturated rings. The first-order valence-electron chi connectivity index (χ1n) is 8.32. The van der Waals surface area contributed by atoms with Crippen molar-refractivity contribution in [1.29, 1.82) is 0 Å². The van der Waals surface area contributed by atoms with Gasteiger partial charge in [-0.25, -0.2) is 0 Å². The van der Waals surface area contributed by atoms with Crippen LogP contribution < -0.4 is 16.4 Å². The Hall–Kier alpha value is -1.59. The van der Waals surface area contributed by atoms with Crippen molar-refractivity contribution < 1.29 is 9.59 Å². The fourth-order valence-electron chi connectivity index (χ4n) is 3.32. The lowest BCUT2D eigenvalue weighted by Gasteiger charge is -2.35. The van der Waals surface area contributed by atoms with Crippen LogP contribution >= 0.6 is 12.4 Å². The fourth-order valence-corrected chi connectivity index (χ4v) is 3.32. The van der Waals surface area contributed by atoms with E-state index in [1.807, 2.05) is 19.1 Å². The molecule has 0 unspecified atom stereocenters. The van der Waals surface area contributed by atoms with Crippen molar-refractivity contribution in [1.82, 2.24) is 0 Å². The molecule has 0 saturated heterocycles. The molecule has 1 saturated carbocycles.